The van der Waals surface area contributed by atoms with Crippen molar-refractivity contribution >= 4 is 27.8 Å². The number of nitrogens with zero attached hydrogens (tertiary/aromatic N) is 2. The monoisotopic (exact) mass is 521 g/mol. The Labute approximate surface area is 209 Å². The van der Waals surface area contributed by atoms with Crippen molar-refractivity contribution in [1.82, 2.24) is 19.8 Å². The van der Waals surface area contributed by atoms with Gasteiger partial charge in [0.15, 0.2) is 5.69 Å². The number of piperidine rings is 1. The van der Waals surface area contributed by atoms with E-state index in [2.05, 4.69) is 15.5 Å². The van der Waals surface area contributed by atoms with Gasteiger partial charge < -0.3 is 20.9 Å². The highest BCUT2D eigenvalue weighted by atomic mass is 32.2. The van der Waals surface area contributed by atoms with E-state index >= 15 is 0 Å². The SMILES string of the molecule is CCCc1[nH]nc(C(N)=O)c1CNC(=O)c1cc(S(=O)(=O)N2CCC(C(=O)O)CC2)ccc1OCC. The van der Waals surface area contributed by atoms with Crippen molar-refractivity contribution in [2.24, 2.45) is 11.7 Å². The molecule has 1 aliphatic heterocycles. The van der Waals surface area contributed by atoms with Crippen LogP contribution in [0.5, 0.6) is 5.75 Å². The molecule has 0 radical (unpaired) electrons. The van der Waals surface area contributed by atoms with Crippen molar-refractivity contribution in [2.45, 2.75) is 51.0 Å². The summed E-state index contributed by atoms with van der Waals surface area (Å²) in [5.74, 6) is -2.64. The summed E-state index contributed by atoms with van der Waals surface area (Å²) in [7, 11) is -3.96. The van der Waals surface area contributed by atoms with E-state index in [-0.39, 0.29) is 61.0 Å². The molecule has 0 saturated carbocycles. The third-order valence-electron chi connectivity index (χ3n) is 6.05. The number of aryl methyl sites for hydroxylation is 1. The summed E-state index contributed by atoms with van der Waals surface area (Å²) >= 11 is 0. The molecule has 0 aliphatic carbocycles. The fraction of sp³-hybridized carbons (Fsp3) is 0.478. The minimum atomic E-state index is -3.96. The second kappa shape index (κ2) is 11.5. The van der Waals surface area contributed by atoms with Crippen LogP contribution in [0.2, 0.25) is 0 Å². The lowest BCUT2D eigenvalue weighted by atomic mass is 9.99. The number of nitrogens with one attached hydrogen (secondary N) is 2. The normalized spacial score (nSPS) is 14.9. The third kappa shape index (κ3) is 5.85. The number of aromatic nitrogens is 2. The van der Waals surface area contributed by atoms with Gasteiger partial charge in [-0.3, -0.25) is 19.5 Å². The first kappa shape index (κ1) is 27.1. The largest absolute Gasteiger partial charge is 0.493 e. The topological polar surface area (TPSA) is 185 Å². The molecule has 196 valence electrons. The number of carbonyl (C=O) groups is 3. The van der Waals surface area contributed by atoms with Crippen molar-refractivity contribution < 1.29 is 32.6 Å². The lowest BCUT2D eigenvalue weighted by Crippen LogP contribution is -2.40. The number of rotatable bonds is 11. The van der Waals surface area contributed by atoms with Crippen LogP contribution in [-0.2, 0) is 27.8 Å². The summed E-state index contributed by atoms with van der Waals surface area (Å²) in [6, 6.07) is 4.03. The molecule has 1 aromatic carbocycles. The smallest absolute Gasteiger partial charge is 0.306 e. The van der Waals surface area contributed by atoms with Gasteiger partial charge in [-0.1, -0.05) is 13.3 Å². The van der Waals surface area contributed by atoms with Crippen molar-refractivity contribution in [1.29, 1.82) is 0 Å². The van der Waals surface area contributed by atoms with E-state index < -0.39 is 33.7 Å². The van der Waals surface area contributed by atoms with Crippen LogP contribution in [0.4, 0.5) is 0 Å². The van der Waals surface area contributed by atoms with Crippen LogP contribution in [-0.4, -0.2) is 65.5 Å². The average Bonchev–Trinajstić information content (AvgIpc) is 3.26. The number of primary amides is 1. The van der Waals surface area contributed by atoms with Crippen LogP contribution in [0.25, 0.3) is 0 Å². The summed E-state index contributed by atoms with van der Waals surface area (Å²) in [5, 5.41) is 18.6. The van der Waals surface area contributed by atoms with Crippen LogP contribution >= 0.6 is 0 Å². The molecule has 0 atom stereocenters. The zero-order chi connectivity index (χ0) is 26.5. The number of aliphatic carboxylic acids is 1. The lowest BCUT2D eigenvalue weighted by Gasteiger charge is -2.29. The molecule has 1 fully saturated rings. The molecule has 1 saturated heterocycles. The zero-order valence-electron chi connectivity index (χ0n) is 20.2. The minimum Gasteiger partial charge on any atom is -0.493 e. The molecule has 1 aliphatic rings. The third-order valence-corrected chi connectivity index (χ3v) is 7.94. The number of carboxylic acid groups (broad SMARTS) is 1. The van der Waals surface area contributed by atoms with Gasteiger partial charge in [0, 0.05) is 30.9 Å². The Balaban J connectivity index is 1.85. The zero-order valence-corrected chi connectivity index (χ0v) is 21.1. The first-order valence-electron chi connectivity index (χ1n) is 11.7. The molecule has 2 heterocycles. The number of aromatic amines is 1. The van der Waals surface area contributed by atoms with E-state index in [1.54, 1.807) is 6.92 Å². The predicted octanol–water partition coefficient (Wildman–Crippen LogP) is 1.28. The Bertz CT molecular complexity index is 1230. The standard InChI is InChI=1S/C23H31N5O7S/c1-3-5-18-17(20(21(24)29)27-26-18)13-25-22(30)16-12-15(6-7-19(16)35-4-2)36(33,34)28-10-8-14(9-11-28)23(31)32/h6-7,12,14H,3-5,8-11,13H2,1-2H3,(H2,24,29)(H,25,30)(H,26,27)(H,31,32). The van der Waals surface area contributed by atoms with E-state index in [0.29, 0.717) is 17.7 Å². The number of ether oxygens (including phenoxy) is 1. The van der Waals surface area contributed by atoms with Gasteiger partial charge in [-0.15, -0.1) is 0 Å². The van der Waals surface area contributed by atoms with Crippen LogP contribution in [0.15, 0.2) is 23.1 Å². The summed E-state index contributed by atoms with van der Waals surface area (Å²) < 4.78 is 33.2. The average molecular weight is 522 g/mol. The highest BCUT2D eigenvalue weighted by molar-refractivity contribution is 7.89. The van der Waals surface area contributed by atoms with E-state index in [4.69, 9.17) is 10.5 Å². The molecular weight excluding hydrogens is 490 g/mol. The number of H-pyrrole nitrogens is 1. The van der Waals surface area contributed by atoms with Crippen LogP contribution < -0.4 is 15.8 Å². The van der Waals surface area contributed by atoms with Crippen molar-refractivity contribution in [3.8, 4) is 5.75 Å². The van der Waals surface area contributed by atoms with Gasteiger partial charge in [0.1, 0.15) is 5.75 Å². The van der Waals surface area contributed by atoms with E-state index in [0.717, 1.165) is 6.42 Å². The molecular formula is C23H31N5O7S. The summed E-state index contributed by atoms with van der Waals surface area (Å²) in [6.45, 7) is 4.05. The molecule has 1 aromatic heterocycles. The molecule has 36 heavy (non-hydrogen) atoms. The Hall–Kier alpha value is -3.45. The first-order chi connectivity index (χ1) is 17.1. The first-order valence-corrected chi connectivity index (χ1v) is 13.2. The van der Waals surface area contributed by atoms with Gasteiger partial charge >= 0.3 is 5.97 Å². The molecule has 0 unspecified atom stereocenters. The van der Waals surface area contributed by atoms with Crippen molar-refractivity contribution in [3.63, 3.8) is 0 Å². The number of amides is 2. The fourth-order valence-electron chi connectivity index (χ4n) is 4.14. The van der Waals surface area contributed by atoms with Crippen LogP contribution in [0, 0.1) is 5.92 Å². The second-order valence-corrected chi connectivity index (χ2v) is 10.4. The molecule has 12 nitrogen and oxygen atoms in total. The number of hydrogen-bond acceptors (Lipinski definition) is 7. The second-order valence-electron chi connectivity index (χ2n) is 8.43. The molecule has 2 amide bonds. The number of benzene rings is 1. The highest BCUT2D eigenvalue weighted by Crippen LogP contribution is 2.28. The van der Waals surface area contributed by atoms with E-state index in [9.17, 15) is 27.9 Å². The van der Waals surface area contributed by atoms with Crippen molar-refractivity contribution in [3.05, 3.63) is 40.7 Å². The molecule has 0 bridgehead atoms. The maximum Gasteiger partial charge on any atom is 0.306 e. The number of nitrogens with two attached hydrogens (primary N) is 1. The Morgan fingerprint density at radius 1 is 1.25 bits per heavy atom. The highest BCUT2D eigenvalue weighted by Gasteiger charge is 2.33. The maximum atomic E-state index is 13.2. The summed E-state index contributed by atoms with van der Waals surface area (Å²) in [4.78, 5) is 36.0. The van der Waals surface area contributed by atoms with Gasteiger partial charge in [0.05, 0.1) is 23.0 Å². The Morgan fingerprint density at radius 3 is 2.53 bits per heavy atom. The van der Waals surface area contributed by atoms with Crippen LogP contribution in [0.1, 0.15) is 65.2 Å². The van der Waals surface area contributed by atoms with Crippen LogP contribution in [0.3, 0.4) is 0 Å². The predicted molar refractivity (Wildman–Crippen MR) is 129 cm³/mol. The molecule has 5 N–H and O–H groups in total. The van der Waals surface area contributed by atoms with Gasteiger partial charge in [-0.25, -0.2) is 8.42 Å². The summed E-state index contributed by atoms with van der Waals surface area (Å²) in [5.41, 5.74) is 6.61. The molecule has 13 heteroatoms. The van der Waals surface area contributed by atoms with Crippen molar-refractivity contribution in [2.75, 3.05) is 19.7 Å². The molecule has 0 spiro atoms. The quantitative estimate of drug-likeness (QED) is 0.340. The maximum absolute atomic E-state index is 13.2. The number of carbonyl (C=O) groups excluding carboxylic acids is 2. The van der Waals surface area contributed by atoms with Gasteiger partial charge in [-0.2, -0.15) is 9.40 Å². The number of sulfonamides is 1. The number of hydrogen-bond donors (Lipinski definition) is 4. The number of carboxylic acids is 1. The Kier molecular flexibility index (Phi) is 8.69. The van der Waals surface area contributed by atoms with Gasteiger partial charge in [0.25, 0.3) is 11.8 Å². The molecule has 3 rings (SSSR count). The minimum absolute atomic E-state index is 0.0134. The fourth-order valence-corrected chi connectivity index (χ4v) is 5.63. The van der Waals surface area contributed by atoms with Gasteiger partial charge in [0.2, 0.25) is 10.0 Å². The van der Waals surface area contributed by atoms with E-state index in [1.807, 2.05) is 6.92 Å². The summed E-state index contributed by atoms with van der Waals surface area (Å²) in [6.07, 6.45) is 1.80. The molecule has 2 aromatic rings. The van der Waals surface area contributed by atoms with Gasteiger partial charge in [-0.05, 0) is 44.4 Å². The lowest BCUT2D eigenvalue weighted by molar-refractivity contribution is -0.142. The van der Waals surface area contributed by atoms with E-state index in [1.165, 1.54) is 22.5 Å². The Morgan fingerprint density at radius 2 is 1.94 bits per heavy atom.